The topological polar surface area (TPSA) is 21.3 Å². The van der Waals surface area contributed by atoms with Crippen LogP contribution in [0.25, 0.3) is 0 Å². The second-order valence-corrected chi connectivity index (χ2v) is 5.76. The molecular formula is C13H25NO. The van der Waals surface area contributed by atoms with Crippen LogP contribution in [0.5, 0.6) is 0 Å². The first-order valence-corrected chi connectivity index (χ1v) is 6.52. The third-order valence-electron chi connectivity index (χ3n) is 4.01. The van der Waals surface area contributed by atoms with E-state index in [9.17, 15) is 0 Å². The highest BCUT2D eigenvalue weighted by atomic mass is 16.5. The lowest BCUT2D eigenvalue weighted by atomic mass is 9.64. The molecule has 2 saturated carbocycles. The van der Waals surface area contributed by atoms with Crippen molar-refractivity contribution in [3.8, 4) is 0 Å². The van der Waals surface area contributed by atoms with Crippen molar-refractivity contribution in [3.05, 3.63) is 0 Å². The Balaban J connectivity index is 1.70. The van der Waals surface area contributed by atoms with Gasteiger partial charge < -0.3 is 10.1 Å². The highest BCUT2D eigenvalue weighted by Crippen LogP contribution is 2.44. The lowest BCUT2D eigenvalue weighted by Gasteiger charge is -2.52. The van der Waals surface area contributed by atoms with Gasteiger partial charge in [-0.15, -0.1) is 0 Å². The number of ether oxygens (including phenoxy) is 1. The highest BCUT2D eigenvalue weighted by Gasteiger charge is 2.50. The van der Waals surface area contributed by atoms with Crippen molar-refractivity contribution in [1.82, 2.24) is 5.32 Å². The van der Waals surface area contributed by atoms with Gasteiger partial charge in [-0.1, -0.05) is 27.2 Å². The lowest BCUT2D eigenvalue weighted by molar-refractivity contribution is -0.118. The van der Waals surface area contributed by atoms with Gasteiger partial charge in [0.15, 0.2) is 0 Å². The zero-order valence-corrected chi connectivity index (χ0v) is 10.4. The number of unbranched alkanes of at least 4 members (excludes halogenated alkanes) is 1. The van der Waals surface area contributed by atoms with Crippen LogP contribution in [-0.2, 0) is 4.74 Å². The molecule has 0 saturated heterocycles. The van der Waals surface area contributed by atoms with E-state index in [4.69, 9.17) is 4.74 Å². The first-order chi connectivity index (χ1) is 7.14. The summed E-state index contributed by atoms with van der Waals surface area (Å²) < 4.78 is 5.93. The molecular weight excluding hydrogens is 186 g/mol. The van der Waals surface area contributed by atoms with Gasteiger partial charge in [-0.2, -0.15) is 0 Å². The first-order valence-electron chi connectivity index (χ1n) is 6.52. The van der Waals surface area contributed by atoms with Crippen LogP contribution in [0.1, 0.15) is 52.9 Å². The van der Waals surface area contributed by atoms with Crippen molar-refractivity contribution in [2.75, 3.05) is 6.61 Å². The molecule has 0 bridgehead atoms. The van der Waals surface area contributed by atoms with Crippen molar-refractivity contribution in [2.45, 2.75) is 71.1 Å². The van der Waals surface area contributed by atoms with E-state index in [1.54, 1.807) is 0 Å². The monoisotopic (exact) mass is 211 g/mol. The second-order valence-electron chi connectivity index (χ2n) is 5.76. The minimum atomic E-state index is 0.344. The van der Waals surface area contributed by atoms with Crippen LogP contribution < -0.4 is 5.32 Å². The zero-order valence-electron chi connectivity index (χ0n) is 10.4. The molecule has 2 aliphatic rings. The second kappa shape index (κ2) is 4.42. The van der Waals surface area contributed by atoms with Crippen LogP contribution in [0.4, 0.5) is 0 Å². The zero-order chi connectivity index (χ0) is 10.9. The number of hydrogen-bond acceptors (Lipinski definition) is 2. The Kier molecular flexibility index (Phi) is 3.36. The van der Waals surface area contributed by atoms with E-state index >= 15 is 0 Å². The summed E-state index contributed by atoms with van der Waals surface area (Å²) in [7, 11) is 0. The van der Waals surface area contributed by atoms with E-state index in [0.717, 1.165) is 12.6 Å². The average Bonchev–Trinajstić information content (AvgIpc) is 2.99. The SMILES string of the molecule is CCCCOC1CC(NC2CC2)C1(C)C. The Morgan fingerprint density at radius 3 is 2.60 bits per heavy atom. The fourth-order valence-corrected chi connectivity index (χ4v) is 2.36. The molecule has 2 atom stereocenters. The molecule has 2 fully saturated rings. The van der Waals surface area contributed by atoms with Crippen LogP contribution in [0.15, 0.2) is 0 Å². The van der Waals surface area contributed by atoms with Crippen molar-refractivity contribution in [3.63, 3.8) is 0 Å². The molecule has 0 aliphatic heterocycles. The van der Waals surface area contributed by atoms with Gasteiger partial charge in [-0.25, -0.2) is 0 Å². The average molecular weight is 211 g/mol. The molecule has 2 heteroatoms. The largest absolute Gasteiger partial charge is 0.378 e. The molecule has 0 heterocycles. The van der Waals surface area contributed by atoms with E-state index in [2.05, 4.69) is 26.1 Å². The molecule has 1 N–H and O–H groups in total. The Bertz CT molecular complexity index is 211. The molecule has 88 valence electrons. The van der Waals surface area contributed by atoms with Crippen LogP contribution in [-0.4, -0.2) is 24.8 Å². The molecule has 2 nitrogen and oxygen atoms in total. The van der Waals surface area contributed by atoms with E-state index < -0.39 is 0 Å². The predicted octanol–water partition coefficient (Wildman–Crippen LogP) is 2.72. The standard InChI is InChI=1S/C13H25NO/c1-4-5-8-15-12-9-11(13(12,2)3)14-10-6-7-10/h10-12,14H,4-9H2,1-3H3. The molecule has 0 spiro atoms. The number of nitrogens with one attached hydrogen (secondary N) is 1. The van der Waals surface area contributed by atoms with E-state index in [-0.39, 0.29) is 0 Å². The number of hydrogen-bond donors (Lipinski definition) is 1. The van der Waals surface area contributed by atoms with Crippen molar-refractivity contribution >= 4 is 0 Å². The van der Waals surface area contributed by atoms with Crippen LogP contribution >= 0.6 is 0 Å². The maximum Gasteiger partial charge on any atom is 0.0655 e. The predicted molar refractivity (Wildman–Crippen MR) is 63.0 cm³/mol. The summed E-state index contributed by atoms with van der Waals surface area (Å²) in [4.78, 5) is 0. The summed E-state index contributed by atoms with van der Waals surface area (Å²) in [6, 6.07) is 1.52. The number of rotatable bonds is 6. The summed E-state index contributed by atoms with van der Waals surface area (Å²) >= 11 is 0. The maximum absolute atomic E-state index is 5.93. The summed E-state index contributed by atoms with van der Waals surface area (Å²) in [5, 5.41) is 3.72. The van der Waals surface area contributed by atoms with Crippen molar-refractivity contribution < 1.29 is 4.74 Å². The molecule has 2 aliphatic carbocycles. The third-order valence-corrected chi connectivity index (χ3v) is 4.01. The molecule has 2 rings (SSSR count). The summed E-state index contributed by atoms with van der Waals surface area (Å²) in [6.07, 6.45) is 6.90. The Morgan fingerprint density at radius 2 is 2.07 bits per heavy atom. The minimum absolute atomic E-state index is 0.344. The summed E-state index contributed by atoms with van der Waals surface area (Å²) in [5.74, 6) is 0. The Morgan fingerprint density at radius 1 is 1.33 bits per heavy atom. The van der Waals surface area contributed by atoms with E-state index in [1.807, 2.05) is 0 Å². The molecule has 2 unspecified atom stereocenters. The Labute approximate surface area is 93.8 Å². The molecule has 0 aromatic heterocycles. The first kappa shape index (κ1) is 11.4. The van der Waals surface area contributed by atoms with Crippen molar-refractivity contribution in [1.29, 1.82) is 0 Å². The molecule has 0 amide bonds. The van der Waals surface area contributed by atoms with Gasteiger partial charge in [-0.3, -0.25) is 0 Å². The van der Waals surface area contributed by atoms with Crippen molar-refractivity contribution in [2.24, 2.45) is 5.41 Å². The molecule has 0 aromatic carbocycles. The fraction of sp³-hybridized carbons (Fsp3) is 1.00. The smallest absolute Gasteiger partial charge is 0.0655 e. The van der Waals surface area contributed by atoms with Gasteiger partial charge in [0.2, 0.25) is 0 Å². The quantitative estimate of drug-likeness (QED) is 0.682. The fourth-order valence-electron chi connectivity index (χ4n) is 2.36. The van der Waals surface area contributed by atoms with Gasteiger partial charge in [-0.05, 0) is 25.7 Å². The van der Waals surface area contributed by atoms with E-state index in [0.29, 0.717) is 17.6 Å². The Hall–Kier alpha value is -0.0800. The van der Waals surface area contributed by atoms with E-state index in [1.165, 1.54) is 32.1 Å². The normalized spacial score (nSPS) is 33.8. The lowest BCUT2D eigenvalue weighted by Crippen LogP contribution is -2.61. The summed E-state index contributed by atoms with van der Waals surface area (Å²) in [6.45, 7) is 7.84. The van der Waals surface area contributed by atoms with Gasteiger partial charge in [0.25, 0.3) is 0 Å². The minimum Gasteiger partial charge on any atom is -0.378 e. The molecule has 0 radical (unpaired) electrons. The van der Waals surface area contributed by atoms with Gasteiger partial charge >= 0.3 is 0 Å². The molecule has 0 aromatic rings. The summed E-state index contributed by atoms with van der Waals surface area (Å²) in [5.41, 5.74) is 0.344. The highest BCUT2D eigenvalue weighted by molar-refractivity contribution is 5.05. The van der Waals surface area contributed by atoms with Gasteiger partial charge in [0, 0.05) is 24.1 Å². The third kappa shape index (κ3) is 2.54. The van der Waals surface area contributed by atoms with Gasteiger partial charge in [0.05, 0.1) is 6.10 Å². The van der Waals surface area contributed by atoms with Crippen LogP contribution in [0, 0.1) is 5.41 Å². The van der Waals surface area contributed by atoms with Gasteiger partial charge in [0.1, 0.15) is 0 Å². The maximum atomic E-state index is 5.93. The van der Waals surface area contributed by atoms with Crippen LogP contribution in [0.2, 0.25) is 0 Å². The molecule has 15 heavy (non-hydrogen) atoms. The van der Waals surface area contributed by atoms with Crippen LogP contribution in [0.3, 0.4) is 0 Å².